The van der Waals surface area contributed by atoms with E-state index >= 15 is 0 Å². The van der Waals surface area contributed by atoms with Gasteiger partial charge < -0.3 is 9.64 Å². The van der Waals surface area contributed by atoms with Gasteiger partial charge in [-0.05, 0) is 93.2 Å². The zero-order valence-electron chi connectivity index (χ0n) is 18.0. The van der Waals surface area contributed by atoms with E-state index in [-0.39, 0.29) is 34.0 Å². The molecular weight excluding hydrogens is 445 g/mol. The van der Waals surface area contributed by atoms with Crippen molar-refractivity contribution in [2.24, 2.45) is 0 Å². The average Bonchev–Trinajstić information content (AvgIpc) is 3.23. The molecule has 0 radical (unpaired) electrons. The summed E-state index contributed by atoms with van der Waals surface area (Å²) in [5.74, 6) is 0.688. The van der Waals surface area contributed by atoms with Crippen molar-refractivity contribution >= 4 is 22.8 Å². The Balaban J connectivity index is 0.00000320. The van der Waals surface area contributed by atoms with Crippen molar-refractivity contribution in [2.75, 3.05) is 27.2 Å². The number of Topliss-reactive ketones (excluding diaryl/α,β-unsaturated/α-hetero) is 1. The Bertz CT molecular complexity index is 786. The molecule has 0 saturated heterocycles. The fraction of sp³-hybridized carbons (Fsp3) is 0.480. The Morgan fingerprint density at radius 2 is 1.67 bits per heavy atom. The van der Waals surface area contributed by atoms with Crippen molar-refractivity contribution in [1.29, 1.82) is 0 Å². The lowest BCUT2D eigenvalue weighted by atomic mass is 9.76. The number of halogens is 2. The third kappa shape index (κ3) is 6.39. The molecule has 1 aliphatic carbocycles. The number of ether oxygens (including phenoxy) is 1. The molecule has 30 heavy (non-hydrogen) atoms. The minimum absolute atomic E-state index is 0. The van der Waals surface area contributed by atoms with Gasteiger partial charge in [-0.1, -0.05) is 25.0 Å². The minimum atomic E-state index is -0.306. The Morgan fingerprint density at radius 1 is 1.03 bits per heavy atom. The Hall–Kier alpha value is -1.72. The van der Waals surface area contributed by atoms with E-state index in [1.54, 1.807) is 19.2 Å². The Morgan fingerprint density at radius 3 is 2.27 bits per heavy atom. The number of benzene rings is 2. The molecule has 1 aliphatic rings. The molecule has 0 N–H and O–H groups in total. The predicted octanol–water partition coefficient (Wildman–Crippen LogP) is 6.21. The lowest BCUT2D eigenvalue weighted by molar-refractivity contribution is 0.0975. The Labute approximate surface area is 190 Å². The summed E-state index contributed by atoms with van der Waals surface area (Å²) in [6.07, 6.45) is 7.54. The normalized spacial score (nSPS) is 15.1. The van der Waals surface area contributed by atoms with E-state index in [4.69, 9.17) is 4.74 Å². The van der Waals surface area contributed by atoms with E-state index in [9.17, 15) is 9.18 Å². The van der Waals surface area contributed by atoms with Crippen molar-refractivity contribution in [2.45, 2.75) is 50.4 Å². The zero-order chi connectivity index (χ0) is 20.7. The van der Waals surface area contributed by atoms with Gasteiger partial charge in [0.1, 0.15) is 11.6 Å². The molecule has 3 rings (SSSR count). The summed E-state index contributed by atoms with van der Waals surface area (Å²) in [5, 5.41) is 0. The number of carbonyl (C=O) groups is 1. The van der Waals surface area contributed by atoms with Crippen molar-refractivity contribution < 1.29 is 13.9 Å². The number of carbonyl (C=O) groups excluding carboxylic acids is 1. The van der Waals surface area contributed by atoms with Crippen molar-refractivity contribution in [3.8, 4) is 5.75 Å². The molecule has 0 bridgehead atoms. The highest BCUT2D eigenvalue weighted by Crippen LogP contribution is 2.44. The molecule has 164 valence electrons. The molecule has 1 fully saturated rings. The average molecular weight is 478 g/mol. The third-order valence-corrected chi connectivity index (χ3v) is 6.34. The van der Waals surface area contributed by atoms with Gasteiger partial charge in [0.05, 0.1) is 7.11 Å². The van der Waals surface area contributed by atoms with Crippen molar-refractivity contribution in [1.82, 2.24) is 4.90 Å². The van der Waals surface area contributed by atoms with Crippen LogP contribution in [0.5, 0.6) is 5.75 Å². The van der Waals surface area contributed by atoms with E-state index in [1.165, 1.54) is 43.4 Å². The van der Waals surface area contributed by atoms with Gasteiger partial charge in [0.15, 0.2) is 5.78 Å². The van der Waals surface area contributed by atoms with E-state index in [1.807, 2.05) is 0 Å². The van der Waals surface area contributed by atoms with Crippen LogP contribution < -0.4 is 4.74 Å². The molecule has 0 aromatic heterocycles. The molecule has 0 heterocycles. The van der Waals surface area contributed by atoms with E-state index in [0.29, 0.717) is 12.0 Å². The molecular formula is C25H33BrFNO2. The van der Waals surface area contributed by atoms with Crippen LogP contribution in [0, 0.1) is 5.82 Å². The SMILES string of the molecule is Br.COc1ccc(C2(CCN(C)CCCC(=O)c3ccc(F)cc3)CCCC2)cc1. The van der Waals surface area contributed by atoms with Crippen LogP contribution in [0.4, 0.5) is 4.39 Å². The number of methoxy groups -OCH3 is 1. The molecule has 0 spiro atoms. The topological polar surface area (TPSA) is 29.5 Å². The van der Waals surface area contributed by atoms with Crippen LogP contribution >= 0.6 is 17.0 Å². The highest BCUT2D eigenvalue weighted by Gasteiger charge is 2.35. The van der Waals surface area contributed by atoms with Crippen LogP contribution in [0.1, 0.15) is 60.9 Å². The standard InChI is InChI=1S/C25H32FNO2.BrH/c1-27(18-5-6-24(28)20-7-11-22(26)12-8-20)19-17-25(15-3-4-16-25)21-9-13-23(29-2)14-10-21;/h7-14H,3-6,15-19H2,1-2H3;1H. The van der Waals surface area contributed by atoms with Gasteiger partial charge >= 0.3 is 0 Å². The van der Waals surface area contributed by atoms with Gasteiger partial charge in [-0.15, -0.1) is 17.0 Å². The molecule has 5 heteroatoms. The molecule has 2 aromatic carbocycles. The van der Waals surface area contributed by atoms with E-state index in [2.05, 4.69) is 36.2 Å². The number of ketones is 1. The van der Waals surface area contributed by atoms with Crippen LogP contribution in [-0.2, 0) is 5.41 Å². The summed E-state index contributed by atoms with van der Waals surface area (Å²) in [4.78, 5) is 14.6. The van der Waals surface area contributed by atoms with Gasteiger partial charge in [0.25, 0.3) is 0 Å². The third-order valence-electron chi connectivity index (χ3n) is 6.34. The summed E-state index contributed by atoms with van der Waals surface area (Å²) < 4.78 is 18.3. The fourth-order valence-electron chi connectivity index (χ4n) is 4.49. The largest absolute Gasteiger partial charge is 0.497 e. The zero-order valence-corrected chi connectivity index (χ0v) is 19.7. The van der Waals surface area contributed by atoms with Crippen LogP contribution in [0.3, 0.4) is 0 Å². The number of nitrogens with zero attached hydrogens (tertiary/aromatic N) is 1. The molecule has 0 amide bonds. The van der Waals surface area contributed by atoms with Gasteiger partial charge in [0, 0.05) is 12.0 Å². The Kier molecular flexibility index (Phi) is 9.50. The van der Waals surface area contributed by atoms with Gasteiger partial charge in [-0.25, -0.2) is 4.39 Å². The van der Waals surface area contributed by atoms with Gasteiger partial charge in [0.2, 0.25) is 0 Å². The summed E-state index contributed by atoms with van der Waals surface area (Å²) >= 11 is 0. The molecule has 0 atom stereocenters. The number of hydrogen-bond acceptors (Lipinski definition) is 3. The number of hydrogen-bond donors (Lipinski definition) is 0. The predicted molar refractivity (Wildman–Crippen MR) is 126 cm³/mol. The lowest BCUT2D eigenvalue weighted by Crippen LogP contribution is -2.30. The summed E-state index contributed by atoms with van der Waals surface area (Å²) in [5.41, 5.74) is 2.29. The van der Waals surface area contributed by atoms with Crippen LogP contribution in [0.15, 0.2) is 48.5 Å². The maximum absolute atomic E-state index is 13.0. The van der Waals surface area contributed by atoms with Crippen LogP contribution in [0.2, 0.25) is 0 Å². The van der Waals surface area contributed by atoms with E-state index in [0.717, 1.165) is 31.7 Å². The first kappa shape index (κ1) is 24.5. The van der Waals surface area contributed by atoms with E-state index < -0.39 is 0 Å². The first-order valence-corrected chi connectivity index (χ1v) is 10.6. The monoisotopic (exact) mass is 477 g/mol. The molecule has 3 nitrogen and oxygen atoms in total. The first-order valence-electron chi connectivity index (χ1n) is 10.6. The molecule has 0 unspecified atom stereocenters. The molecule has 0 aliphatic heterocycles. The molecule has 1 saturated carbocycles. The minimum Gasteiger partial charge on any atom is -0.497 e. The quantitative estimate of drug-likeness (QED) is 0.381. The number of rotatable bonds is 10. The second-order valence-electron chi connectivity index (χ2n) is 8.30. The second-order valence-corrected chi connectivity index (χ2v) is 8.30. The van der Waals surface area contributed by atoms with Crippen molar-refractivity contribution in [3.63, 3.8) is 0 Å². The van der Waals surface area contributed by atoms with Crippen molar-refractivity contribution in [3.05, 3.63) is 65.5 Å². The summed E-state index contributed by atoms with van der Waals surface area (Å²) in [7, 11) is 3.84. The highest BCUT2D eigenvalue weighted by atomic mass is 79.9. The van der Waals surface area contributed by atoms with Crippen LogP contribution in [-0.4, -0.2) is 37.9 Å². The maximum Gasteiger partial charge on any atom is 0.162 e. The molecule has 2 aromatic rings. The smallest absolute Gasteiger partial charge is 0.162 e. The summed E-state index contributed by atoms with van der Waals surface area (Å²) in [6, 6.07) is 14.4. The first-order chi connectivity index (χ1) is 14.0. The lowest BCUT2D eigenvalue weighted by Gasteiger charge is -2.32. The summed E-state index contributed by atoms with van der Waals surface area (Å²) in [6.45, 7) is 1.92. The van der Waals surface area contributed by atoms with Gasteiger partial charge in [-0.2, -0.15) is 0 Å². The van der Waals surface area contributed by atoms with Gasteiger partial charge in [-0.3, -0.25) is 4.79 Å². The maximum atomic E-state index is 13.0. The second kappa shape index (κ2) is 11.6. The van der Waals surface area contributed by atoms with Crippen LogP contribution in [0.25, 0.3) is 0 Å². The fourth-order valence-corrected chi connectivity index (χ4v) is 4.49. The highest BCUT2D eigenvalue weighted by molar-refractivity contribution is 8.93.